The van der Waals surface area contributed by atoms with Crippen molar-refractivity contribution < 1.29 is 18.7 Å². The Morgan fingerprint density at radius 2 is 1.70 bits per heavy atom. The fourth-order valence-electron chi connectivity index (χ4n) is 2.40. The van der Waals surface area contributed by atoms with Crippen LogP contribution in [0.15, 0.2) is 17.3 Å². The largest absolute Gasteiger partial charge is 0.484 e. The molecule has 0 bridgehead atoms. The Labute approximate surface area is 116 Å². The molecule has 110 valence electrons. The lowest BCUT2D eigenvalue weighted by Crippen LogP contribution is -2.18. The van der Waals surface area contributed by atoms with E-state index in [1.165, 1.54) is 0 Å². The summed E-state index contributed by atoms with van der Waals surface area (Å²) in [6.45, 7) is 0. The molecule has 0 saturated heterocycles. The van der Waals surface area contributed by atoms with Crippen molar-refractivity contribution in [3.8, 4) is 5.75 Å². The monoisotopic (exact) mass is 284 g/mol. The van der Waals surface area contributed by atoms with Crippen molar-refractivity contribution in [2.24, 2.45) is 10.9 Å². The van der Waals surface area contributed by atoms with Gasteiger partial charge in [0.2, 0.25) is 0 Å². The molecule has 0 aliphatic heterocycles. The first-order chi connectivity index (χ1) is 9.61. The maximum absolute atomic E-state index is 13.9. The Balaban J connectivity index is 2.19. The lowest BCUT2D eigenvalue weighted by Gasteiger charge is -2.18. The van der Waals surface area contributed by atoms with Gasteiger partial charge in [0.25, 0.3) is 0 Å². The third kappa shape index (κ3) is 3.37. The Bertz CT molecular complexity index is 475. The van der Waals surface area contributed by atoms with Gasteiger partial charge >= 0.3 is 0 Å². The SMILES string of the molecule is N/C(=N/O)c1cc(F)c(OC2CCCCCC2)c(F)c1. The van der Waals surface area contributed by atoms with Crippen molar-refractivity contribution in [1.29, 1.82) is 0 Å². The summed E-state index contributed by atoms with van der Waals surface area (Å²) in [6.07, 6.45) is 5.74. The molecule has 1 aromatic rings. The van der Waals surface area contributed by atoms with Crippen LogP contribution >= 0.6 is 0 Å². The van der Waals surface area contributed by atoms with E-state index in [0.29, 0.717) is 0 Å². The van der Waals surface area contributed by atoms with Crippen LogP contribution in [-0.4, -0.2) is 17.1 Å². The first kappa shape index (κ1) is 14.6. The molecule has 1 fully saturated rings. The van der Waals surface area contributed by atoms with Gasteiger partial charge in [0.1, 0.15) is 0 Å². The van der Waals surface area contributed by atoms with E-state index in [0.717, 1.165) is 50.7 Å². The lowest BCUT2D eigenvalue weighted by atomic mass is 10.1. The minimum atomic E-state index is -0.837. The minimum absolute atomic E-state index is 0.0179. The van der Waals surface area contributed by atoms with E-state index >= 15 is 0 Å². The molecule has 0 atom stereocenters. The zero-order chi connectivity index (χ0) is 14.5. The molecule has 6 heteroatoms. The van der Waals surface area contributed by atoms with E-state index in [4.69, 9.17) is 15.7 Å². The van der Waals surface area contributed by atoms with Gasteiger partial charge in [-0.25, -0.2) is 8.78 Å². The molecule has 0 amide bonds. The Morgan fingerprint density at radius 3 is 2.20 bits per heavy atom. The maximum atomic E-state index is 13.9. The number of nitrogens with zero attached hydrogens (tertiary/aromatic N) is 1. The summed E-state index contributed by atoms with van der Waals surface area (Å²) in [5.41, 5.74) is 5.30. The molecule has 0 heterocycles. The van der Waals surface area contributed by atoms with Crippen molar-refractivity contribution in [1.82, 2.24) is 0 Å². The molecule has 3 N–H and O–H groups in total. The molecule has 0 aromatic heterocycles. The van der Waals surface area contributed by atoms with E-state index in [1.807, 2.05) is 0 Å². The average Bonchev–Trinajstić information content (AvgIpc) is 2.70. The van der Waals surface area contributed by atoms with E-state index in [1.54, 1.807) is 0 Å². The number of nitrogens with two attached hydrogens (primary N) is 1. The van der Waals surface area contributed by atoms with Crippen LogP contribution in [0, 0.1) is 11.6 Å². The van der Waals surface area contributed by atoms with Crippen molar-refractivity contribution in [2.45, 2.75) is 44.6 Å². The summed E-state index contributed by atoms with van der Waals surface area (Å²) in [5, 5.41) is 11.2. The fraction of sp³-hybridized carbons (Fsp3) is 0.500. The number of ether oxygens (including phenoxy) is 1. The second kappa shape index (κ2) is 6.54. The quantitative estimate of drug-likeness (QED) is 0.294. The molecule has 1 aliphatic rings. The van der Waals surface area contributed by atoms with Crippen LogP contribution < -0.4 is 10.5 Å². The van der Waals surface area contributed by atoms with Gasteiger partial charge in [0.05, 0.1) is 6.10 Å². The van der Waals surface area contributed by atoms with Gasteiger partial charge < -0.3 is 15.7 Å². The number of hydrogen-bond acceptors (Lipinski definition) is 3. The van der Waals surface area contributed by atoms with Gasteiger partial charge in [-0.05, 0) is 37.8 Å². The summed E-state index contributed by atoms with van der Waals surface area (Å²) in [6, 6.07) is 2.01. The molecule has 0 spiro atoms. The number of hydrogen-bond donors (Lipinski definition) is 2. The van der Waals surface area contributed by atoms with Gasteiger partial charge in [-0.1, -0.05) is 18.0 Å². The van der Waals surface area contributed by atoms with Crippen molar-refractivity contribution >= 4 is 5.84 Å². The van der Waals surface area contributed by atoms with Gasteiger partial charge in [-0.15, -0.1) is 0 Å². The molecule has 20 heavy (non-hydrogen) atoms. The predicted octanol–water partition coefficient (Wildman–Crippen LogP) is 3.16. The van der Waals surface area contributed by atoms with Crippen molar-refractivity contribution in [2.75, 3.05) is 0 Å². The van der Waals surface area contributed by atoms with E-state index < -0.39 is 11.6 Å². The number of rotatable bonds is 3. The smallest absolute Gasteiger partial charge is 0.191 e. The molecule has 1 saturated carbocycles. The van der Waals surface area contributed by atoms with Gasteiger partial charge in [-0.3, -0.25) is 0 Å². The number of amidine groups is 1. The third-order valence-electron chi connectivity index (χ3n) is 3.49. The van der Waals surface area contributed by atoms with Crippen LogP contribution in [0.4, 0.5) is 8.78 Å². The molecule has 0 radical (unpaired) electrons. The number of benzene rings is 1. The highest BCUT2D eigenvalue weighted by Gasteiger charge is 2.20. The van der Waals surface area contributed by atoms with Crippen molar-refractivity contribution in [3.05, 3.63) is 29.3 Å². The second-order valence-corrected chi connectivity index (χ2v) is 4.99. The van der Waals surface area contributed by atoms with Crippen molar-refractivity contribution in [3.63, 3.8) is 0 Å². The van der Waals surface area contributed by atoms with Crippen LogP contribution in [-0.2, 0) is 0 Å². The van der Waals surface area contributed by atoms with Crippen LogP contribution in [0.25, 0.3) is 0 Å². The predicted molar refractivity (Wildman–Crippen MR) is 71.0 cm³/mol. The highest BCUT2D eigenvalue weighted by Crippen LogP contribution is 2.28. The van der Waals surface area contributed by atoms with E-state index in [-0.39, 0.29) is 23.3 Å². The maximum Gasteiger partial charge on any atom is 0.191 e. The van der Waals surface area contributed by atoms with Gasteiger partial charge in [-0.2, -0.15) is 0 Å². The Morgan fingerprint density at radius 1 is 1.15 bits per heavy atom. The number of oxime groups is 1. The molecular formula is C14H18F2N2O2. The summed E-state index contributed by atoms with van der Waals surface area (Å²) < 4.78 is 33.3. The molecular weight excluding hydrogens is 266 g/mol. The van der Waals surface area contributed by atoms with Crippen LogP contribution in [0.2, 0.25) is 0 Å². The van der Waals surface area contributed by atoms with E-state index in [9.17, 15) is 8.78 Å². The summed E-state index contributed by atoms with van der Waals surface area (Å²) in [7, 11) is 0. The topological polar surface area (TPSA) is 67.8 Å². The Hall–Kier alpha value is -1.85. The third-order valence-corrected chi connectivity index (χ3v) is 3.49. The summed E-state index contributed by atoms with van der Waals surface area (Å²) >= 11 is 0. The van der Waals surface area contributed by atoms with Gasteiger partial charge in [0, 0.05) is 5.56 Å². The summed E-state index contributed by atoms with van der Waals surface area (Å²) in [4.78, 5) is 0. The highest BCUT2D eigenvalue weighted by molar-refractivity contribution is 5.97. The molecule has 1 aromatic carbocycles. The fourth-order valence-corrected chi connectivity index (χ4v) is 2.40. The first-order valence-corrected chi connectivity index (χ1v) is 6.75. The van der Waals surface area contributed by atoms with E-state index in [2.05, 4.69) is 5.16 Å². The Kier molecular flexibility index (Phi) is 4.76. The molecule has 1 aliphatic carbocycles. The molecule has 0 unspecified atom stereocenters. The molecule has 2 rings (SSSR count). The van der Waals surface area contributed by atoms with Crippen LogP contribution in [0.5, 0.6) is 5.75 Å². The second-order valence-electron chi connectivity index (χ2n) is 4.99. The van der Waals surface area contributed by atoms with Crippen LogP contribution in [0.1, 0.15) is 44.1 Å². The summed E-state index contributed by atoms with van der Waals surface area (Å²) in [5.74, 6) is -2.40. The minimum Gasteiger partial charge on any atom is -0.484 e. The standard InChI is InChI=1S/C14H18F2N2O2/c15-11-7-9(14(17)18-19)8-12(16)13(11)20-10-5-3-1-2-4-6-10/h7-8,10,19H,1-6H2,(H2,17,18). The average molecular weight is 284 g/mol. The van der Waals surface area contributed by atoms with Crippen LogP contribution in [0.3, 0.4) is 0 Å². The first-order valence-electron chi connectivity index (χ1n) is 6.75. The molecule has 4 nitrogen and oxygen atoms in total. The zero-order valence-electron chi connectivity index (χ0n) is 11.1. The lowest BCUT2D eigenvalue weighted by molar-refractivity contribution is 0.167. The highest BCUT2D eigenvalue weighted by atomic mass is 19.1. The normalized spacial score (nSPS) is 17.8. The van der Waals surface area contributed by atoms with Gasteiger partial charge in [0.15, 0.2) is 23.2 Å². The zero-order valence-corrected chi connectivity index (χ0v) is 11.1. The number of halogens is 2.